The Bertz CT molecular complexity index is 700. The van der Waals surface area contributed by atoms with Gasteiger partial charge in [0.1, 0.15) is 18.1 Å². The Morgan fingerprint density at radius 3 is 2.91 bits per heavy atom. The molecular weight excluding hydrogens is 300 g/mol. The van der Waals surface area contributed by atoms with Crippen molar-refractivity contribution in [1.82, 2.24) is 14.5 Å². The van der Waals surface area contributed by atoms with Gasteiger partial charge in [-0.2, -0.15) is 8.78 Å². The molecule has 0 spiro atoms. The standard InChI is InChI=1S/C13H11F2N3O4/c14-13(15)22-9-2-1-7(5-16-9)10-11(12(19)20)18-3-4-21-6-8(18)17-10/h1-2,5,13H,3-4,6H2,(H,19,20). The lowest BCUT2D eigenvalue weighted by molar-refractivity contribution is -0.0528. The van der Waals surface area contributed by atoms with Crippen molar-refractivity contribution in [3.05, 3.63) is 29.8 Å². The van der Waals surface area contributed by atoms with E-state index in [1.165, 1.54) is 18.3 Å². The number of nitrogens with zero attached hydrogens (tertiary/aromatic N) is 3. The molecule has 3 heterocycles. The zero-order chi connectivity index (χ0) is 15.7. The zero-order valence-corrected chi connectivity index (χ0v) is 11.2. The Kier molecular flexibility index (Phi) is 3.72. The molecule has 7 nitrogen and oxygen atoms in total. The van der Waals surface area contributed by atoms with Crippen molar-refractivity contribution in [3.63, 3.8) is 0 Å². The summed E-state index contributed by atoms with van der Waals surface area (Å²) in [4.78, 5) is 19.5. The highest BCUT2D eigenvalue weighted by Crippen LogP contribution is 2.27. The van der Waals surface area contributed by atoms with Crippen molar-refractivity contribution in [2.24, 2.45) is 0 Å². The first-order chi connectivity index (χ1) is 10.6. The average molecular weight is 311 g/mol. The maximum Gasteiger partial charge on any atom is 0.388 e. The summed E-state index contributed by atoms with van der Waals surface area (Å²) in [6, 6.07) is 2.67. The van der Waals surface area contributed by atoms with Gasteiger partial charge in [-0.15, -0.1) is 0 Å². The predicted molar refractivity (Wildman–Crippen MR) is 68.7 cm³/mol. The van der Waals surface area contributed by atoms with Crippen LogP contribution in [0.1, 0.15) is 16.3 Å². The van der Waals surface area contributed by atoms with Crippen molar-refractivity contribution in [1.29, 1.82) is 0 Å². The summed E-state index contributed by atoms with van der Waals surface area (Å²) in [7, 11) is 0. The highest BCUT2D eigenvalue weighted by atomic mass is 19.3. The number of alkyl halides is 2. The van der Waals surface area contributed by atoms with Gasteiger partial charge in [-0.05, 0) is 6.07 Å². The van der Waals surface area contributed by atoms with Crippen LogP contribution in [-0.2, 0) is 17.9 Å². The highest BCUT2D eigenvalue weighted by molar-refractivity contribution is 5.93. The van der Waals surface area contributed by atoms with Gasteiger partial charge in [-0.3, -0.25) is 0 Å². The molecule has 9 heteroatoms. The van der Waals surface area contributed by atoms with E-state index >= 15 is 0 Å². The number of pyridine rings is 1. The Hall–Kier alpha value is -2.55. The number of hydrogen-bond acceptors (Lipinski definition) is 5. The van der Waals surface area contributed by atoms with Crippen molar-refractivity contribution >= 4 is 5.97 Å². The molecule has 0 unspecified atom stereocenters. The molecule has 0 aromatic carbocycles. The molecule has 0 saturated carbocycles. The van der Waals surface area contributed by atoms with Gasteiger partial charge in [0.05, 0.1) is 6.61 Å². The number of fused-ring (bicyclic) bond motifs is 1. The summed E-state index contributed by atoms with van der Waals surface area (Å²) in [5, 5.41) is 9.40. The van der Waals surface area contributed by atoms with Gasteiger partial charge in [0, 0.05) is 24.4 Å². The van der Waals surface area contributed by atoms with Crippen LogP contribution in [0.2, 0.25) is 0 Å². The van der Waals surface area contributed by atoms with Gasteiger partial charge >= 0.3 is 12.6 Å². The number of imidazole rings is 1. The first-order valence-electron chi connectivity index (χ1n) is 6.38. The molecule has 0 bridgehead atoms. The molecule has 0 radical (unpaired) electrons. The number of hydrogen-bond donors (Lipinski definition) is 1. The summed E-state index contributed by atoms with van der Waals surface area (Å²) in [5.74, 6) is -0.863. The Morgan fingerprint density at radius 2 is 2.27 bits per heavy atom. The van der Waals surface area contributed by atoms with Crippen LogP contribution in [0.4, 0.5) is 8.78 Å². The summed E-state index contributed by atoms with van der Waals surface area (Å²) < 4.78 is 35.2. The van der Waals surface area contributed by atoms with Crippen molar-refractivity contribution < 1.29 is 28.2 Å². The number of carboxylic acid groups (broad SMARTS) is 1. The minimum absolute atomic E-state index is 0.0302. The van der Waals surface area contributed by atoms with Crippen LogP contribution in [0.25, 0.3) is 11.3 Å². The van der Waals surface area contributed by atoms with Gasteiger partial charge in [-0.25, -0.2) is 14.8 Å². The van der Waals surface area contributed by atoms with E-state index in [4.69, 9.17) is 4.74 Å². The van der Waals surface area contributed by atoms with Gasteiger partial charge in [0.15, 0.2) is 5.69 Å². The van der Waals surface area contributed by atoms with Gasteiger partial charge in [0.25, 0.3) is 0 Å². The van der Waals surface area contributed by atoms with E-state index in [2.05, 4.69) is 14.7 Å². The number of aromatic carboxylic acids is 1. The predicted octanol–water partition coefficient (Wildman–Crippen LogP) is 1.77. The van der Waals surface area contributed by atoms with Gasteiger partial charge in [-0.1, -0.05) is 0 Å². The van der Waals surface area contributed by atoms with Crippen LogP contribution >= 0.6 is 0 Å². The Balaban J connectivity index is 2.00. The first-order valence-corrected chi connectivity index (χ1v) is 6.38. The molecule has 116 valence electrons. The molecule has 0 aliphatic carbocycles. The Morgan fingerprint density at radius 1 is 1.45 bits per heavy atom. The van der Waals surface area contributed by atoms with E-state index < -0.39 is 12.6 Å². The van der Waals surface area contributed by atoms with E-state index in [-0.39, 0.29) is 23.9 Å². The van der Waals surface area contributed by atoms with E-state index in [0.717, 1.165) is 0 Å². The lowest BCUT2D eigenvalue weighted by Crippen LogP contribution is -2.20. The monoisotopic (exact) mass is 311 g/mol. The minimum atomic E-state index is -2.97. The second-order valence-corrected chi connectivity index (χ2v) is 4.50. The normalized spacial score (nSPS) is 14.0. The van der Waals surface area contributed by atoms with Crippen LogP contribution in [-0.4, -0.2) is 38.8 Å². The van der Waals surface area contributed by atoms with Crippen LogP contribution < -0.4 is 4.74 Å². The third-order valence-electron chi connectivity index (χ3n) is 3.16. The summed E-state index contributed by atoms with van der Waals surface area (Å²) >= 11 is 0. The molecule has 1 aliphatic rings. The second kappa shape index (κ2) is 5.68. The van der Waals surface area contributed by atoms with Crippen LogP contribution in [0.5, 0.6) is 5.88 Å². The zero-order valence-electron chi connectivity index (χ0n) is 11.2. The quantitative estimate of drug-likeness (QED) is 0.926. The fraction of sp³-hybridized carbons (Fsp3) is 0.308. The largest absolute Gasteiger partial charge is 0.477 e. The fourth-order valence-corrected chi connectivity index (χ4v) is 2.27. The van der Waals surface area contributed by atoms with Gasteiger partial charge < -0.3 is 19.1 Å². The average Bonchev–Trinajstić information content (AvgIpc) is 2.86. The number of aromatic nitrogens is 3. The fourth-order valence-electron chi connectivity index (χ4n) is 2.27. The van der Waals surface area contributed by atoms with E-state index in [1.54, 1.807) is 4.57 Å². The van der Waals surface area contributed by atoms with E-state index in [1.807, 2.05) is 0 Å². The third-order valence-corrected chi connectivity index (χ3v) is 3.16. The minimum Gasteiger partial charge on any atom is -0.477 e. The topological polar surface area (TPSA) is 86.5 Å². The smallest absolute Gasteiger partial charge is 0.388 e. The summed E-state index contributed by atoms with van der Waals surface area (Å²) in [5.41, 5.74) is 0.660. The lowest BCUT2D eigenvalue weighted by Gasteiger charge is -2.15. The Labute approximate surface area is 123 Å². The van der Waals surface area contributed by atoms with E-state index in [9.17, 15) is 18.7 Å². The maximum absolute atomic E-state index is 12.1. The number of carboxylic acids is 1. The lowest BCUT2D eigenvalue weighted by atomic mass is 10.1. The highest BCUT2D eigenvalue weighted by Gasteiger charge is 2.25. The molecule has 0 saturated heterocycles. The van der Waals surface area contributed by atoms with Crippen molar-refractivity contribution in [2.45, 2.75) is 19.8 Å². The van der Waals surface area contributed by atoms with Crippen LogP contribution in [0.15, 0.2) is 18.3 Å². The molecule has 2 aromatic rings. The summed E-state index contributed by atoms with van der Waals surface area (Å²) in [6.07, 6.45) is 1.25. The second-order valence-electron chi connectivity index (χ2n) is 4.50. The van der Waals surface area contributed by atoms with Gasteiger partial charge in [0.2, 0.25) is 5.88 Å². The molecule has 0 atom stereocenters. The molecule has 3 rings (SSSR count). The number of rotatable bonds is 4. The molecule has 0 fully saturated rings. The molecule has 2 aromatic heterocycles. The van der Waals surface area contributed by atoms with Crippen molar-refractivity contribution in [3.8, 4) is 17.1 Å². The molecule has 1 N–H and O–H groups in total. The SMILES string of the molecule is O=C(O)c1c(-c2ccc(OC(F)F)nc2)nc2n1CCOC2. The van der Waals surface area contributed by atoms with E-state index in [0.29, 0.717) is 24.5 Å². The third kappa shape index (κ3) is 2.62. The molecule has 0 amide bonds. The first kappa shape index (κ1) is 14.4. The number of halogens is 2. The van der Waals surface area contributed by atoms with Crippen LogP contribution in [0, 0.1) is 0 Å². The maximum atomic E-state index is 12.1. The summed E-state index contributed by atoms with van der Waals surface area (Å²) in [6.45, 7) is -1.95. The number of carbonyl (C=O) groups is 1. The van der Waals surface area contributed by atoms with Crippen LogP contribution in [0.3, 0.4) is 0 Å². The molecule has 22 heavy (non-hydrogen) atoms. The van der Waals surface area contributed by atoms with Crippen molar-refractivity contribution in [2.75, 3.05) is 6.61 Å². The molecule has 1 aliphatic heterocycles. The molecular formula is C13H11F2N3O4. The number of ether oxygens (including phenoxy) is 2.